The average molecular weight is 331 g/mol. The van der Waals surface area contributed by atoms with E-state index in [1.165, 1.54) is 4.90 Å². The summed E-state index contributed by atoms with van der Waals surface area (Å²) >= 11 is 0. The van der Waals surface area contributed by atoms with Crippen molar-refractivity contribution in [2.24, 2.45) is 0 Å². The molecule has 0 spiro atoms. The summed E-state index contributed by atoms with van der Waals surface area (Å²) in [4.78, 5) is 21.4. The summed E-state index contributed by atoms with van der Waals surface area (Å²) in [7, 11) is 0. The van der Waals surface area contributed by atoms with Crippen molar-refractivity contribution < 1.29 is 9.90 Å². The molecule has 3 heterocycles. The van der Waals surface area contributed by atoms with Crippen molar-refractivity contribution in [2.45, 2.75) is 12.8 Å². The third-order valence-corrected chi connectivity index (χ3v) is 4.44. The maximum absolute atomic E-state index is 11.3. The van der Waals surface area contributed by atoms with Gasteiger partial charge in [0.05, 0.1) is 0 Å². The third-order valence-electron chi connectivity index (χ3n) is 4.44. The van der Waals surface area contributed by atoms with E-state index in [2.05, 4.69) is 28.2 Å². The molecule has 25 heavy (non-hydrogen) atoms. The zero-order valence-electron chi connectivity index (χ0n) is 13.6. The van der Waals surface area contributed by atoms with Crippen molar-refractivity contribution in [3.8, 4) is 22.3 Å². The van der Waals surface area contributed by atoms with Gasteiger partial charge < -0.3 is 5.11 Å². The first-order valence-corrected chi connectivity index (χ1v) is 8.22. The van der Waals surface area contributed by atoms with Crippen LogP contribution >= 0.6 is 0 Å². The van der Waals surface area contributed by atoms with E-state index in [9.17, 15) is 9.90 Å². The van der Waals surface area contributed by atoms with E-state index >= 15 is 0 Å². The molecule has 5 heteroatoms. The number of pyridine rings is 2. The molecule has 1 N–H and O–H groups in total. The molecule has 0 saturated heterocycles. The first-order valence-electron chi connectivity index (χ1n) is 8.22. The van der Waals surface area contributed by atoms with Gasteiger partial charge in [-0.05, 0) is 36.1 Å². The number of anilines is 1. The molecule has 0 fully saturated rings. The topological polar surface area (TPSA) is 66.3 Å². The zero-order valence-corrected chi connectivity index (χ0v) is 13.6. The summed E-state index contributed by atoms with van der Waals surface area (Å²) in [5.74, 6) is 0.551. The maximum Gasteiger partial charge on any atom is 0.413 e. The predicted octanol–water partition coefficient (Wildman–Crippen LogP) is 4.24. The fourth-order valence-electron chi connectivity index (χ4n) is 3.19. The van der Waals surface area contributed by atoms with E-state index in [4.69, 9.17) is 0 Å². The van der Waals surface area contributed by atoms with Gasteiger partial charge >= 0.3 is 6.09 Å². The second-order valence-electron chi connectivity index (χ2n) is 6.07. The van der Waals surface area contributed by atoms with E-state index in [1.807, 2.05) is 36.7 Å². The molecular formula is C20H17N3O2. The van der Waals surface area contributed by atoms with Crippen LogP contribution in [0.25, 0.3) is 22.3 Å². The van der Waals surface area contributed by atoms with Crippen molar-refractivity contribution >= 4 is 11.9 Å². The Morgan fingerprint density at radius 2 is 1.68 bits per heavy atom. The lowest BCUT2D eigenvalue weighted by Crippen LogP contribution is -2.34. The molecule has 0 atom stereocenters. The molecule has 1 aliphatic heterocycles. The fraction of sp³-hybridized carbons (Fsp3) is 0.150. The van der Waals surface area contributed by atoms with Crippen molar-refractivity contribution in [3.63, 3.8) is 0 Å². The Bertz CT molecular complexity index is 925. The van der Waals surface area contributed by atoms with Crippen LogP contribution in [0.3, 0.4) is 0 Å². The van der Waals surface area contributed by atoms with Crippen LogP contribution in [0.1, 0.15) is 12.0 Å². The molecule has 124 valence electrons. The van der Waals surface area contributed by atoms with Crippen LogP contribution in [-0.2, 0) is 6.42 Å². The van der Waals surface area contributed by atoms with Crippen molar-refractivity contribution in [1.82, 2.24) is 9.97 Å². The fourth-order valence-corrected chi connectivity index (χ4v) is 3.19. The number of amides is 1. The molecule has 0 unspecified atom stereocenters. The summed E-state index contributed by atoms with van der Waals surface area (Å²) in [6, 6.07) is 14.2. The van der Waals surface area contributed by atoms with Crippen molar-refractivity contribution in [2.75, 3.05) is 11.4 Å². The van der Waals surface area contributed by atoms with Gasteiger partial charge in [0.25, 0.3) is 0 Å². The Morgan fingerprint density at radius 1 is 0.960 bits per heavy atom. The van der Waals surface area contributed by atoms with E-state index in [0.29, 0.717) is 12.4 Å². The van der Waals surface area contributed by atoms with Crippen LogP contribution in [0.5, 0.6) is 0 Å². The molecule has 0 aliphatic carbocycles. The van der Waals surface area contributed by atoms with E-state index in [0.717, 1.165) is 40.7 Å². The number of fused-ring (bicyclic) bond motifs is 1. The minimum Gasteiger partial charge on any atom is -0.465 e. The maximum atomic E-state index is 11.3. The van der Waals surface area contributed by atoms with Crippen LogP contribution in [0, 0.1) is 0 Å². The molecular weight excluding hydrogens is 314 g/mol. The Morgan fingerprint density at radius 3 is 2.44 bits per heavy atom. The second-order valence-corrected chi connectivity index (χ2v) is 6.07. The zero-order chi connectivity index (χ0) is 17.2. The number of carboxylic acid groups (broad SMARTS) is 1. The average Bonchev–Trinajstić information content (AvgIpc) is 2.68. The summed E-state index contributed by atoms with van der Waals surface area (Å²) in [5, 5.41) is 9.31. The smallest absolute Gasteiger partial charge is 0.413 e. The number of aromatic nitrogens is 2. The lowest BCUT2D eigenvalue weighted by molar-refractivity contribution is 0.201. The van der Waals surface area contributed by atoms with Crippen LogP contribution < -0.4 is 4.90 Å². The SMILES string of the molecule is O=C(O)N1CCCc2cc(-c3cncc(-c4ccccc4)c3)cnc21. The van der Waals surface area contributed by atoms with E-state index in [1.54, 1.807) is 6.20 Å². The molecule has 3 aromatic rings. The highest BCUT2D eigenvalue weighted by atomic mass is 16.4. The Kier molecular flexibility index (Phi) is 3.90. The van der Waals surface area contributed by atoms with Gasteiger partial charge in [-0.15, -0.1) is 0 Å². The van der Waals surface area contributed by atoms with Crippen LogP contribution in [0.15, 0.2) is 61.1 Å². The summed E-state index contributed by atoms with van der Waals surface area (Å²) in [5.41, 5.74) is 5.06. The highest BCUT2D eigenvalue weighted by molar-refractivity contribution is 5.86. The normalized spacial score (nSPS) is 13.4. The Balaban J connectivity index is 1.73. The molecule has 1 amide bonds. The molecule has 1 aromatic carbocycles. The molecule has 0 saturated carbocycles. The largest absolute Gasteiger partial charge is 0.465 e. The number of aryl methyl sites for hydroxylation is 1. The number of benzene rings is 1. The quantitative estimate of drug-likeness (QED) is 0.762. The summed E-state index contributed by atoms with van der Waals surface area (Å²) in [6.45, 7) is 0.500. The first-order chi connectivity index (χ1) is 12.2. The van der Waals surface area contributed by atoms with Crippen molar-refractivity contribution in [1.29, 1.82) is 0 Å². The first kappa shape index (κ1) is 15.3. The second kappa shape index (κ2) is 6.36. The monoisotopic (exact) mass is 331 g/mol. The third kappa shape index (κ3) is 2.96. The molecule has 1 aliphatic rings. The van der Waals surface area contributed by atoms with Crippen LogP contribution in [0.4, 0.5) is 10.6 Å². The molecule has 0 radical (unpaired) electrons. The van der Waals surface area contributed by atoms with Gasteiger partial charge in [-0.1, -0.05) is 30.3 Å². The van der Waals surface area contributed by atoms with Gasteiger partial charge in [0.15, 0.2) is 0 Å². The molecule has 5 nitrogen and oxygen atoms in total. The van der Waals surface area contributed by atoms with Crippen LogP contribution in [-0.4, -0.2) is 27.7 Å². The van der Waals surface area contributed by atoms with Gasteiger partial charge in [-0.2, -0.15) is 0 Å². The summed E-state index contributed by atoms with van der Waals surface area (Å²) < 4.78 is 0. The van der Waals surface area contributed by atoms with E-state index in [-0.39, 0.29) is 0 Å². The molecule has 0 bridgehead atoms. The number of hydrogen-bond acceptors (Lipinski definition) is 3. The van der Waals surface area contributed by atoms with E-state index < -0.39 is 6.09 Å². The van der Waals surface area contributed by atoms with Gasteiger partial charge in [0.1, 0.15) is 5.82 Å². The van der Waals surface area contributed by atoms with Gasteiger partial charge in [0, 0.05) is 41.8 Å². The number of hydrogen-bond donors (Lipinski definition) is 1. The van der Waals surface area contributed by atoms with Crippen LogP contribution in [0.2, 0.25) is 0 Å². The molecule has 4 rings (SSSR count). The Labute approximate surface area is 145 Å². The number of carbonyl (C=O) groups is 1. The lowest BCUT2D eigenvalue weighted by atomic mass is 9.99. The predicted molar refractivity (Wildman–Crippen MR) is 96.6 cm³/mol. The number of rotatable bonds is 2. The van der Waals surface area contributed by atoms with Gasteiger partial charge in [0.2, 0.25) is 0 Å². The Hall–Kier alpha value is -3.21. The number of nitrogens with zero attached hydrogens (tertiary/aromatic N) is 3. The minimum atomic E-state index is -0.950. The summed E-state index contributed by atoms with van der Waals surface area (Å²) in [6.07, 6.45) is 6.09. The highest BCUT2D eigenvalue weighted by Crippen LogP contribution is 2.30. The molecule has 2 aromatic heterocycles. The minimum absolute atomic E-state index is 0.500. The lowest BCUT2D eigenvalue weighted by Gasteiger charge is -2.26. The standard InChI is InChI=1S/C20H17N3O2/c24-20(25)23-8-4-7-15-9-18(13-22-19(15)23)17-10-16(11-21-12-17)14-5-2-1-3-6-14/h1-3,5-6,9-13H,4,7-8H2,(H,24,25). The van der Waals surface area contributed by atoms with Gasteiger partial charge in [-0.3, -0.25) is 9.88 Å². The highest BCUT2D eigenvalue weighted by Gasteiger charge is 2.23. The van der Waals surface area contributed by atoms with Crippen molar-refractivity contribution in [3.05, 3.63) is 66.6 Å². The van der Waals surface area contributed by atoms with Gasteiger partial charge in [-0.25, -0.2) is 9.78 Å².